The van der Waals surface area contributed by atoms with Crippen LogP contribution in [0.4, 0.5) is 5.69 Å². The highest BCUT2D eigenvalue weighted by atomic mass is 33.1. The van der Waals surface area contributed by atoms with Crippen LogP contribution in [0.25, 0.3) is 0 Å². The van der Waals surface area contributed by atoms with Gasteiger partial charge in [-0.05, 0) is 27.7 Å². The highest BCUT2D eigenvalue weighted by Gasteiger charge is 2.15. The number of carbonyl (C=O) groups excluding carboxylic acids is 1. The Morgan fingerprint density at radius 2 is 2.15 bits per heavy atom. The van der Waals surface area contributed by atoms with E-state index in [2.05, 4.69) is 14.7 Å². The molecule has 0 spiro atoms. The van der Waals surface area contributed by atoms with Crippen LogP contribution in [0.2, 0.25) is 0 Å². The van der Waals surface area contributed by atoms with Gasteiger partial charge in [0.15, 0.2) is 5.16 Å². The summed E-state index contributed by atoms with van der Waals surface area (Å²) in [7, 11) is 3.66. The Balaban J connectivity index is 2.07. The van der Waals surface area contributed by atoms with E-state index in [1.165, 1.54) is 41.0 Å². The number of benzene rings is 1. The molecule has 104 valence electrons. The maximum Gasteiger partial charge on any atom is 0.356 e. The fraction of sp³-hybridized carbons (Fsp3) is 0.0909. The molecule has 0 atom stereocenters. The molecule has 0 unspecified atom stereocenters. The van der Waals surface area contributed by atoms with E-state index >= 15 is 0 Å². The molecule has 0 aliphatic carbocycles. The van der Waals surface area contributed by atoms with Crippen molar-refractivity contribution in [2.45, 2.75) is 10.1 Å². The molecule has 1 aromatic carbocycles. The predicted molar refractivity (Wildman–Crippen MR) is 74.7 cm³/mol. The lowest BCUT2D eigenvalue weighted by atomic mass is 10.3. The van der Waals surface area contributed by atoms with Crippen LogP contribution < -0.4 is 0 Å². The van der Waals surface area contributed by atoms with Crippen molar-refractivity contribution in [1.29, 1.82) is 0 Å². The Bertz CT molecular complexity index is 644. The Kier molecular flexibility index (Phi) is 4.64. The molecule has 2 aromatic rings. The molecular weight excluding hydrogens is 302 g/mol. The van der Waals surface area contributed by atoms with Gasteiger partial charge < -0.3 is 9.72 Å². The number of aromatic nitrogens is 2. The summed E-state index contributed by atoms with van der Waals surface area (Å²) >= 11 is 0. The van der Waals surface area contributed by atoms with Crippen molar-refractivity contribution >= 4 is 33.2 Å². The maximum atomic E-state index is 11.2. The van der Waals surface area contributed by atoms with E-state index in [9.17, 15) is 14.9 Å². The molecule has 2 rings (SSSR count). The number of nitrogens with one attached hydrogen (secondary N) is 1. The number of imidazole rings is 1. The molecule has 1 heterocycles. The van der Waals surface area contributed by atoms with Gasteiger partial charge in [0.25, 0.3) is 5.69 Å². The van der Waals surface area contributed by atoms with E-state index in [1.807, 2.05) is 0 Å². The number of nitrogens with zero attached hydrogens (tertiary/aromatic N) is 2. The molecule has 0 aliphatic rings. The molecule has 9 heteroatoms. The standard InChI is InChI=1S/C11H9N3O4S2/c1-18-10(15)7-6-12-11(13-7)20-19-9-5-3-2-4-8(9)14(16)17/h2-6H,1H3,(H,12,13). The second kappa shape index (κ2) is 6.44. The van der Waals surface area contributed by atoms with Gasteiger partial charge in [0.1, 0.15) is 5.69 Å². The fourth-order valence-electron chi connectivity index (χ4n) is 1.32. The fourth-order valence-corrected chi connectivity index (χ4v) is 3.28. The van der Waals surface area contributed by atoms with Crippen molar-refractivity contribution in [2.75, 3.05) is 7.11 Å². The summed E-state index contributed by atoms with van der Waals surface area (Å²) in [6.45, 7) is 0. The van der Waals surface area contributed by atoms with Crippen LogP contribution >= 0.6 is 21.6 Å². The summed E-state index contributed by atoms with van der Waals surface area (Å²) in [5.74, 6) is -0.514. The summed E-state index contributed by atoms with van der Waals surface area (Å²) in [5.41, 5.74) is 0.267. The average molecular weight is 311 g/mol. The van der Waals surface area contributed by atoms with Crippen LogP contribution in [0.3, 0.4) is 0 Å². The van der Waals surface area contributed by atoms with Gasteiger partial charge in [-0.1, -0.05) is 12.1 Å². The van der Waals surface area contributed by atoms with E-state index in [0.717, 1.165) is 0 Å². The Morgan fingerprint density at radius 1 is 1.40 bits per heavy atom. The number of H-pyrrole nitrogens is 1. The molecule has 1 aromatic heterocycles. The molecule has 0 saturated heterocycles. The number of esters is 1. The number of nitro groups is 1. The van der Waals surface area contributed by atoms with E-state index in [4.69, 9.17) is 0 Å². The summed E-state index contributed by atoms with van der Waals surface area (Å²) in [4.78, 5) is 28.9. The minimum absolute atomic E-state index is 0.0322. The van der Waals surface area contributed by atoms with Gasteiger partial charge in [-0.2, -0.15) is 0 Å². The first-order chi connectivity index (χ1) is 9.61. The zero-order valence-corrected chi connectivity index (χ0v) is 11.9. The number of aromatic amines is 1. The molecule has 1 N–H and O–H groups in total. The first-order valence-corrected chi connectivity index (χ1v) is 7.48. The zero-order valence-electron chi connectivity index (χ0n) is 10.2. The third-order valence-corrected chi connectivity index (χ3v) is 4.47. The van der Waals surface area contributed by atoms with E-state index in [0.29, 0.717) is 10.1 Å². The topological polar surface area (TPSA) is 98.1 Å². The Morgan fingerprint density at radius 3 is 2.85 bits per heavy atom. The van der Waals surface area contributed by atoms with Crippen molar-refractivity contribution in [1.82, 2.24) is 9.97 Å². The third-order valence-electron chi connectivity index (χ3n) is 2.23. The van der Waals surface area contributed by atoms with Crippen LogP contribution in [0, 0.1) is 10.1 Å². The molecule has 7 nitrogen and oxygen atoms in total. The number of hydrogen-bond acceptors (Lipinski definition) is 7. The Hall–Kier alpha value is -2.00. The lowest BCUT2D eigenvalue weighted by Gasteiger charge is -1.99. The van der Waals surface area contributed by atoms with Gasteiger partial charge in [-0.15, -0.1) is 0 Å². The number of hydrogen-bond donors (Lipinski definition) is 1. The minimum atomic E-state index is -0.514. The van der Waals surface area contributed by atoms with Crippen molar-refractivity contribution in [2.24, 2.45) is 0 Å². The van der Waals surface area contributed by atoms with E-state index in [1.54, 1.807) is 18.2 Å². The zero-order chi connectivity index (χ0) is 14.5. The number of methoxy groups -OCH3 is 1. The molecule has 20 heavy (non-hydrogen) atoms. The first kappa shape index (κ1) is 14.4. The summed E-state index contributed by atoms with van der Waals surface area (Å²) in [5, 5.41) is 11.3. The number of ether oxygens (including phenoxy) is 1. The molecule has 0 radical (unpaired) electrons. The molecule has 0 saturated carbocycles. The second-order valence-corrected chi connectivity index (χ2v) is 5.64. The van der Waals surface area contributed by atoms with E-state index in [-0.39, 0.29) is 11.4 Å². The quantitative estimate of drug-likeness (QED) is 0.392. The average Bonchev–Trinajstić information content (AvgIpc) is 2.93. The number of carbonyl (C=O) groups is 1. The Labute approximate surface area is 121 Å². The van der Waals surface area contributed by atoms with Crippen LogP contribution in [0.15, 0.2) is 40.5 Å². The monoisotopic (exact) mass is 311 g/mol. The summed E-state index contributed by atoms with van der Waals surface area (Å²) < 4.78 is 4.55. The molecule has 0 amide bonds. The van der Waals surface area contributed by atoms with Gasteiger partial charge in [-0.25, -0.2) is 9.78 Å². The first-order valence-electron chi connectivity index (χ1n) is 5.33. The summed E-state index contributed by atoms with van der Waals surface area (Å²) in [6.07, 6.45) is 1.36. The van der Waals surface area contributed by atoms with Crippen LogP contribution in [0.5, 0.6) is 0 Å². The van der Waals surface area contributed by atoms with Crippen LogP contribution in [-0.2, 0) is 4.74 Å². The predicted octanol–water partition coefficient (Wildman–Crippen LogP) is 2.90. The SMILES string of the molecule is COC(=O)c1cnc(SSc2ccccc2[N+](=O)[O-])[nH]1. The normalized spacial score (nSPS) is 10.2. The van der Waals surface area contributed by atoms with Gasteiger partial charge >= 0.3 is 5.97 Å². The van der Waals surface area contributed by atoms with Crippen molar-refractivity contribution in [3.63, 3.8) is 0 Å². The van der Waals surface area contributed by atoms with E-state index < -0.39 is 10.9 Å². The highest BCUT2D eigenvalue weighted by Crippen LogP contribution is 2.40. The van der Waals surface area contributed by atoms with Crippen LogP contribution in [0.1, 0.15) is 10.5 Å². The van der Waals surface area contributed by atoms with Gasteiger partial charge in [0.05, 0.1) is 23.1 Å². The van der Waals surface area contributed by atoms with Crippen molar-refractivity contribution < 1.29 is 14.5 Å². The van der Waals surface area contributed by atoms with Gasteiger partial charge in [0, 0.05) is 6.07 Å². The number of nitro benzene ring substituents is 1. The minimum Gasteiger partial charge on any atom is -0.464 e. The number of para-hydroxylation sites is 1. The lowest BCUT2D eigenvalue weighted by molar-refractivity contribution is -0.387. The third kappa shape index (κ3) is 3.31. The van der Waals surface area contributed by atoms with Gasteiger partial charge in [0.2, 0.25) is 0 Å². The van der Waals surface area contributed by atoms with Crippen LogP contribution in [-0.4, -0.2) is 28.0 Å². The molecule has 0 fully saturated rings. The maximum absolute atomic E-state index is 11.2. The summed E-state index contributed by atoms with van der Waals surface area (Å²) in [6, 6.07) is 6.41. The molecule has 0 bridgehead atoms. The number of rotatable bonds is 5. The largest absolute Gasteiger partial charge is 0.464 e. The highest BCUT2D eigenvalue weighted by molar-refractivity contribution is 8.76. The second-order valence-electron chi connectivity index (χ2n) is 3.49. The van der Waals surface area contributed by atoms with Crippen molar-refractivity contribution in [3.05, 3.63) is 46.3 Å². The molecule has 0 aliphatic heterocycles. The smallest absolute Gasteiger partial charge is 0.356 e. The lowest BCUT2D eigenvalue weighted by Crippen LogP contribution is -2.00. The van der Waals surface area contributed by atoms with Gasteiger partial charge in [-0.3, -0.25) is 10.1 Å². The molecular formula is C11H9N3O4S2. The van der Waals surface area contributed by atoms with Crippen molar-refractivity contribution in [3.8, 4) is 0 Å².